The molecule has 0 bridgehead atoms. The Balaban J connectivity index is 1.97. The summed E-state index contributed by atoms with van der Waals surface area (Å²) in [7, 11) is -3.48. The molecule has 0 fully saturated rings. The van der Waals surface area contributed by atoms with Crippen LogP contribution in [0.15, 0.2) is 24.5 Å². The third-order valence-corrected chi connectivity index (χ3v) is 4.79. The molecular formula is C13H12ClN5O5S. The number of benzene rings is 1. The van der Waals surface area contributed by atoms with Gasteiger partial charge in [0.1, 0.15) is 0 Å². The highest BCUT2D eigenvalue weighted by Crippen LogP contribution is 2.28. The van der Waals surface area contributed by atoms with Gasteiger partial charge in [-0.3, -0.25) is 4.72 Å². The number of halogens is 1. The Morgan fingerprint density at radius 1 is 1.48 bits per heavy atom. The summed E-state index contributed by atoms with van der Waals surface area (Å²) in [6.07, 6.45) is 1.09. The van der Waals surface area contributed by atoms with Crippen molar-refractivity contribution in [1.29, 1.82) is 0 Å². The fraction of sp³-hybridized carbons (Fsp3) is 0.154. The Morgan fingerprint density at radius 2 is 2.24 bits per heavy atom. The molecule has 0 spiro atoms. The summed E-state index contributed by atoms with van der Waals surface area (Å²) in [5.74, 6) is 0.219. The molecule has 25 heavy (non-hydrogen) atoms. The Hall–Kier alpha value is -2.79. The van der Waals surface area contributed by atoms with Crippen molar-refractivity contribution in [3.05, 3.63) is 29.5 Å². The Kier molecular flexibility index (Phi) is 4.27. The van der Waals surface area contributed by atoms with E-state index in [1.165, 1.54) is 36.1 Å². The number of nitrogens with one attached hydrogen (secondary N) is 2. The molecule has 0 unspecified atom stereocenters. The van der Waals surface area contributed by atoms with Crippen molar-refractivity contribution in [3.63, 3.8) is 0 Å². The highest BCUT2D eigenvalue weighted by Gasteiger charge is 2.14. The molecule has 3 rings (SSSR count). The number of ether oxygens (including phenoxy) is 1. The lowest BCUT2D eigenvalue weighted by molar-refractivity contribution is 0.144. The highest BCUT2D eigenvalue weighted by atomic mass is 35.5. The number of anilines is 1. The first-order valence-electron chi connectivity index (χ1n) is 6.93. The average molecular weight is 386 g/mol. The van der Waals surface area contributed by atoms with Crippen LogP contribution < -0.4 is 9.46 Å². The third-order valence-electron chi connectivity index (χ3n) is 3.18. The number of carboxylic acid groups (broad SMARTS) is 1. The number of carbonyl (C=O) groups is 1. The lowest BCUT2D eigenvalue weighted by atomic mass is 10.3. The zero-order valence-electron chi connectivity index (χ0n) is 12.7. The lowest BCUT2D eigenvalue weighted by Crippen LogP contribution is -2.14. The molecule has 0 aliphatic carbocycles. The van der Waals surface area contributed by atoms with Crippen LogP contribution in [0.5, 0.6) is 5.75 Å². The number of nitrogens with zero attached hydrogens (tertiary/aromatic N) is 3. The largest absolute Gasteiger partial charge is 0.511 e. The third kappa shape index (κ3) is 3.67. The molecule has 0 aliphatic heterocycles. The molecule has 12 heteroatoms. The lowest BCUT2D eigenvalue weighted by Gasteiger charge is -2.07. The summed E-state index contributed by atoms with van der Waals surface area (Å²) in [6, 6.07) is 3.02. The van der Waals surface area contributed by atoms with Crippen molar-refractivity contribution in [2.24, 2.45) is 0 Å². The summed E-state index contributed by atoms with van der Waals surface area (Å²) in [6.45, 7) is 1.51. The summed E-state index contributed by atoms with van der Waals surface area (Å²) in [5.41, 5.74) is 1.21. The summed E-state index contributed by atoms with van der Waals surface area (Å²) in [5, 5.41) is 12.7. The second-order valence-corrected chi connectivity index (χ2v) is 7.32. The molecule has 3 aromatic rings. The van der Waals surface area contributed by atoms with Crippen molar-refractivity contribution in [2.45, 2.75) is 6.92 Å². The van der Waals surface area contributed by atoms with Gasteiger partial charge < -0.3 is 14.8 Å². The standard InChI is InChI=1S/C13H12ClN5O5S/c1-2-25(22,23)18-9-4-11-10(3-8(9)14)16-12(17-11)19-6-7(5-15-19)24-13(20)21/h3-6,18H,2H2,1H3,(H,16,17)(H,20,21). The van der Waals surface area contributed by atoms with Gasteiger partial charge >= 0.3 is 6.16 Å². The van der Waals surface area contributed by atoms with Crippen molar-refractivity contribution in [3.8, 4) is 11.7 Å². The van der Waals surface area contributed by atoms with Gasteiger partial charge in [0.2, 0.25) is 16.0 Å². The van der Waals surface area contributed by atoms with Crippen LogP contribution in [0.1, 0.15) is 6.92 Å². The van der Waals surface area contributed by atoms with E-state index in [9.17, 15) is 13.2 Å². The van der Waals surface area contributed by atoms with E-state index < -0.39 is 16.2 Å². The van der Waals surface area contributed by atoms with Gasteiger partial charge in [0.25, 0.3) is 0 Å². The Bertz CT molecular complexity index is 1060. The molecule has 0 saturated carbocycles. The van der Waals surface area contributed by atoms with Gasteiger partial charge in [0, 0.05) is 0 Å². The highest BCUT2D eigenvalue weighted by molar-refractivity contribution is 7.92. The predicted molar refractivity (Wildman–Crippen MR) is 90.0 cm³/mol. The number of rotatable bonds is 5. The first-order chi connectivity index (χ1) is 11.8. The summed E-state index contributed by atoms with van der Waals surface area (Å²) in [4.78, 5) is 17.7. The van der Waals surface area contributed by atoms with E-state index in [0.717, 1.165) is 0 Å². The first-order valence-corrected chi connectivity index (χ1v) is 8.96. The van der Waals surface area contributed by atoms with Gasteiger partial charge in [-0.1, -0.05) is 11.6 Å². The predicted octanol–water partition coefficient (Wildman–Crippen LogP) is 2.22. The number of fused-ring (bicyclic) bond motifs is 1. The molecule has 132 valence electrons. The van der Waals surface area contributed by atoms with E-state index in [2.05, 4.69) is 24.5 Å². The van der Waals surface area contributed by atoms with Crippen LogP contribution in [0.3, 0.4) is 0 Å². The van der Waals surface area contributed by atoms with E-state index in [4.69, 9.17) is 16.7 Å². The molecule has 0 saturated heterocycles. The molecule has 2 heterocycles. The van der Waals surface area contributed by atoms with Gasteiger partial charge in [-0.15, -0.1) is 0 Å². The van der Waals surface area contributed by atoms with Crippen LogP contribution in [0.25, 0.3) is 17.0 Å². The average Bonchev–Trinajstić information content (AvgIpc) is 3.13. The molecule has 0 radical (unpaired) electrons. The Labute approximate surface area is 146 Å². The maximum atomic E-state index is 11.7. The quantitative estimate of drug-likeness (QED) is 0.572. The maximum Gasteiger partial charge on any atom is 0.511 e. The number of aromatic amines is 1. The topological polar surface area (TPSA) is 139 Å². The molecule has 0 amide bonds. The van der Waals surface area contributed by atoms with Crippen LogP contribution >= 0.6 is 11.6 Å². The molecule has 3 N–H and O–H groups in total. The number of H-pyrrole nitrogens is 1. The van der Waals surface area contributed by atoms with Crippen LogP contribution in [0, 0.1) is 0 Å². The van der Waals surface area contributed by atoms with Crippen molar-refractivity contribution >= 4 is 44.5 Å². The van der Waals surface area contributed by atoms with Crippen LogP contribution in [0.2, 0.25) is 5.02 Å². The monoisotopic (exact) mass is 385 g/mol. The molecule has 0 aliphatic rings. The SMILES string of the molecule is CCS(=O)(=O)Nc1cc2nc(-n3cc(OC(=O)O)cn3)[nH]c2cc1Cl. The van der Waals surface area contributed by atoms with Gasteiger partial charge in [0.05, 0.1) is 39.9 Å². The molecule has 2 aromatic heterocycles. The van der Waals surface area contributed by atoms with Crippen molar-refractivity contribution in [1.82, 2.24) is 19.7 Å². The van der Waals surface area contributed by atoms with E-state index in [1.807, 2.05) is 0 Å². The smallest absolute Gasteiger partial charge is 0.449 e. The van der Waals surface area contributed by atoms with Crippen LogP contribution in [0.4, 0.5) is 10.5 Å². The first kappa shape index (κ1) is 17.0. The van der Waals surface area contributed by atoms with E-state index >= 15 is 0 Å². The zero-order chi connectivity index (χ0) is 18.2. The minimum Gasteiger partial charge on any atom is -0.449 e. The normalized spacial score (nSPS) is 11.6. The molecule has 1 aromatic carbocycles. The summed E-state index contributed by atoms with van der Waals surface area (Å²) >= 11 is 6.10. The number of sulfonamides is 1. The van der Waals surface area contributed by atoms with Crippen LogP contribution in [-0.2, 0) is 10.0 Å². The van der Waals surface area contributed by atoms with E-state index in [1.54, 1.807) is 0 Å². The van der Waals surface area contributed by atoms with Gasteiger partial charge in [0.15, 0.2) is 5.75 Å². The maximum absolute atomic E-state index is 11.7. The molecule has 0 atom stereocenters. The fourth-order valence-electron chi connectivity index (χ4n) is 2.02. The fourth-order valence-corrected chi connectivity index (χ4v) is 2.93. The number of hydrogen-bond donors (Lipinski definition) is 3. The van der Waals surface area contributed by atoms with E-state index in [-0.39, 0.29) is 28.2 Å². The summed E-state index contributed by atoms with van der Waals surface area (Å²) < 4.78 is 31.6. The number of hydrogen-bond acceptors (Lipinski definition) is 6. The van der Waals surface area contributed by atoms with Crippen LogP contribution in [-0.4, -0.2) is 45.2 Å². The van der Waals surface area contributed by atoms with Gasteiger partial charge in [-0.2, -0.15) is 5.10 Å². The second-order valence-electron chi connectivity index (χ2n) is 4.90. The van der Waals surface area contributed by atoms with Gasteiger partial charge in [-0.05, 0) is 19.1 Å². The Morgan fingerprint density at radius 3 is 2.92 bits per heavy atom. The second kappa shape index (κ2) is 6.26. The van der Waals surface area contributed by atoms with Crippen molar-refractivity contribution < 1.29 is 23.1 Å². The minimum absolute atomic E-state index is 0.0300. The van der Waals surface area contributed by atoms with Crippen molar-refractivity contribution in [2.75, 3.05) is 10.5 Å². The number of imidazole rings is 1. The number of aromatic nitrogens is 4. The minimum atomic E-state index is -3.48. The zero-order valence-corrected chi connectivity index (χ0v) is 14.3. The van der Waals surface area contributed by atoms with E-state index in [0.29, 0.717) is 11.0 Å². The molecule has 10 nitrogen and oxygen atoms in total. The van der Waals surface area contributed by atoms with Gasteiger partial charge in [-0.25, -0.2) is 22.9 Å². The molecular weight excluding hydrogens is 374 g/mol.